The van der Waals surface area contributed by atoms with Gasteiger partial charge in [-0.25, -0.2) is 4.98 Å². The molecule has 2 aliphatic rings. The van der Waals surface area contributed by atoms with Crippen LogP contribution in [0.3, 0.4) is 0 Å². The number of carbonyl (C=O) groups excluding carboxylic acids is 1. The fraction of sp³-hybridized carbons (Fsp3) is 0.600. The Kier molecular flexibility index (Phi) is 3.67. The maximum atomic E-state index is 12.3. The van der Waals surface area contributed by atoms with Gasteiger partial charge in [0.05, 0.1) is 0 Å². The molecule has 0 aromatic carbocycles. The maximum Gasteiger partial charge on any atom is 0.225 e. The Labute approximate surface area is 114 Å². The summed E-state index contributed by atoms with van der Waals surface area (Å²) < 4.78 is 0. The van der Waals surface area contributed by atoms with Crippen LogP contribution in [0.15, 0.2) is 24.4 Å². The van der Waals surface area contributed by atoms with E-state index in [2.05, 4.69) is 10.3 Å². The van der Waals surface area contributed by atoms with Gasteiger partial charge in [-0.1, -0.05) is 18.9 Å². The molecule has 1 atom stereocenters. The van der Waals surface area contributed by atoms with Gasteiger partial charge < -0.3 is 10.2 Å². The fourth-order valence-electron chi connectivity index (χ4n) is 3.17. The molecule has 1 saturated heterocycles. The summed E-state index contributed by atoms with van der Waals surface area (Å²) in [5, 5.41) is 3.41. The van der Waals surface area contributed by atoms with Crippen LogP contribution < -0.4 is 5.32 Å². The summed E-state index contributed by atoms with van der Waals surface area (Å²) in [7, 11) is 0. The number of pyridine rings is 1. The van der Waals surface area contributed by atoms with Gasteiger partial charge in [0, 0.05) is 31.2 Å². The van der Waals surface area contributed by atoms with E-state index >= 15 is 0 Å². The van der Waals surface area contributed by atoms with E-state index in [0.29, 0.717) is 17.9 Å². The van der Waals surface area contributed by atoms with E-state index in [1.807, 2.05) is 23.1 Å². The highest BCUT2D eigenvalue weighted by atomic mass is 16.2. The molecule has 1 aliphatic heterocycles. The van der Waals surface area contributed by atoms with Gasteiger partial charge in [-0.2, -0.15) is 0 Å². The van der Waals surface area contributed by atoms with Crippen LogP contribution in [0.1, 0.15) is 32.1 Å². The van der Waals surface area contributed by atoms with Crippen LogP contribution in [-0.2, 0) is 4.79 Å². The molecule has 1 aromatic heterocycles. The summed E-state index contributed by atoms with van der Waals surface area (Å²) in [5.74, 6) is 1.58. The highest BCUT2D eigenvalue weighted by molar-refractivity contribution is 5.79. The number of aromatic nitrogens is 1. The zero-order chi connectivity index (χ0) is 13.1. The van der Waals surface area contributed by atoms with E-state index in [1.165, 1.54) is 12.8 Å². The molecule has 0 spiro atoms. The van der Waals surface area contributed by atoms with Crippen LogP contribution in [0.4, 0.5) is 5.82 Å². The van der Waals surface area contributed by atoms with Gasteiger partial charge in [-0.15, -0.1) is 0 Å². The summed E-state index contributed by atoms with van der Waals surface area (Å²) in [5.41, 5.74) is 0. The molecular formula is C15H21N3O. The minimum absolute atomic E-state index is 0.300. The minimum atomic E-state index is 0.300. The molecule has 1 N–H and O–H groups in total. The van der Waals surface area contributed by atoms with E-state index in [-0.39, 0.29) is 0 Å². The third kappa shape index (κ3) is 2.88. The van der Waals surface area contributed by atoms with Crippen molar-refractivity contribution >= 4 is 11.7 Å². The number of carbonyl (C=O) groups is 1. The highest BCUT2D eigenvalue weighted by Crippen LogP contribution is 2.28. The molecule has 19 heavy (non-hydrogen) atoms. The summed E-state index contributed by atoms with van der Waals surface area (Å²) in [6.45, 7) is 1.71. The molecular weight excluding hydrogens is 238 g/mol. The van der Waals surface area contributed by atoms with Crippen LogP contribution in [0.25, 0.3) is 0 Å². The summed E-state index contributed by atoms with van der Waals surface area (Å²) in [4.78, 5) is 18.6. The average Bonchev–Trinajstić information content (AvgIpc) is 3.10. The molecule has 3 rings (SSSR count). The van der Waals surface area contributed by atoms with E-state index < -0.39 is 0 Å². The van der Waals surface area contributed by atoms with Crippen LogP contribution in [0.5, 0.6) is 0 Å². The van der Waals surface area contributed by atoms with Crippen LogP contribution >= 0.6 is 0 Å². The molecule has 4 nitrogen and oxygen atoms in total. The Balaban J connectivity index is 1.53. The van der Waals surface area contributed by atoms with Gasteiger partial charge in [0.15, 0.2) is 0 Å². The summed E-state index contributed by atoms with van der Waals surface area (Å²) >= 11 is 0. The molecule has 1 aliphatic carbocycles. The fourth-order valence-corrected chi connectivity index (χ4v) is 3.17. The number of anilines is 1. The van der Waals surface area contributed by atoms with Crippen molar-refractivity contribution in [3.63, 3.8) is 0 Å². The van der Waals surface area contributed by atoms with E-state index in [0.717, 1.165) is 38.2 Å². The molecule has 0 radical (unpaired) electrons. The molecule has 1 amide bonds. The molecule has 4 heteroatoms. The number of nitrogens with one attached hydrogen (secondary N) is 1. The number of rotatable bonds is 3. The second kappa shape index (κ2) is 5.59. The Morgan fingerprint density at radius 2 is 2.11 bits per heavy atom. The maximum absolute atomic E-state index is 12.3. The highest BCUT2D eigenvalue weighted by Gasteiger charge is 2.32. The summed E-state index contributed by atoms with van der Waals surface area (Å²) in [6.07, 6.45) is 7.44. The number of hydrogen-bond donors (Lipinski definition) is 1. The van der Waals surface area contributed by atoms with E-state index in [4.69, 9.17) is 0 Å². The van der Waals surface area contributed by atoms with Crippen LogP contribution in [0, 0.1) is 5.92 Å². The van der Waals surface area contributed by atoms with Gasteiger partial charge >= 0.3 is 0 Å². The van der Waals surface area contributed by atoms with E-state index in [9.17, 15) is 4.79 Å². The van der Waals surface area contributed by atoms with Crippen molar-refractivity contribution in [2.45, 2.75) is 38.1 Å². The molecule has 2 fully saturated rings. The Morgan fingerprint density at radius 3 is 2.84 bits per heavy atom. The Hall–Kier alpha value is -1.58. The van der Waals surface area contributed by atoms with Gasteiger partial charge in [0.25, 0.3) is 0 Å². The van der Waals surface area contributed by atoms with Gasteiger partial charge in [-0.3, -0.25) is 4.79 Å². The number of likely N-dealkylation sites (tertiary alicyclic amines) is 1. The van der Waals surface area contributed by atoms with Crippen molar-refractivity contribution in [3.8, 4) is 0 Å². The topological polar surface area (TPSA) is 45.2 Å². The van der Waals surface area contributed by atoms with Crippen molar-refractivity contribution in [1.82, 2.24) is 9.88 Å². The number of hydrogen-bond acceptors (Lipinski definition) is 3. The molecule has 1 saturated carbocycles. The lowest BCUT2D eigenvalue weighted by molar-refractivity contribution is -0.134. The number of nitrogens with zero attached hydrogens (tertiary/aromatic N) is 2. The summed E-state index contributed by atoms with van der Waals surface area (Å²) in [6, 6.07) is 6.21. The van der Waals surface area contributed by atoms with Crippen molar-refractivity contribution in [1.29, 1.82) is 0 Å². The van der Waals surface area contributed by atoms with Gasteiger partial charge in [0.2, 0.25) is 5.91 Å². The quantitative estimate of drug-likeness (QED) is 0.906. The lowest BCUT2D eigenvalue weighted by Crippen LogP contribution is -2.35. The first-order valence-electron chi connectivity index (χ1n) is 7.29. The first-order valence-corrected chi connectivity index (χ1v) is 7.29. The minimum Gasteiger partial charge on any atom is -0.365 e. The third-order valence-corrected chi connectivity index (χ3v) is 4.22. The second-order valence-corrected chi connectivity index (χ2v) is 5.61. The largest absolute Gasteiger partial charge is 0.365 e. The Bertz CT molecular complexity index is 428. The standard InChI is InChI=1S/C15H21N3O/c19-15(12-5-1-2-6-12)18-10-8-13(11-18)17-14-7-3-4-9-16-14/h3-4,7,9,12-13H,1-2,5-6,8,10-11H2,(H,16,17). The predicted octanol–water partition coefficient (Wildman–Crippen LogP) is 2.28. The predicted molar refractivity (Wildman–Crippen MR) is 74.8 cm³/mol. The molecule has 2 heterocycles. The monoisotopic (exact) mass is 259 g/mol. The van der Waals surface area contributed by atoms with Gasteiger partial charge in [-0.05, 0) is 31.4 Å². The van der Waals surface area contributed by atoms with Crippen molar-refractivity contribution in [2.24, 2.45) is 5.92 Å². The molecule has 0 bridgehead atoms. The van der Waals surface area contributed by atoms with Crippen molar-refractivity contribution < 1.29 is 4.79 Å². The third-order valence-electron chi connectivity index (χ3n) is 4.22. The second-order valence-electron chi connectivity index (χ2n) is 5.61. The molecule has 102 valence electrons. The normalized spacial score (nSPS) is 23.8. The lowest BCUT2D eigenvalue weighted by Gasteiger charge is -2.20. The molecule has 1 aromatic rings. The lowest BCUT2D eigenvalue weighted by atomic mass is 10.1. The van der Waals surface area contributed by atoms with Crippen LogP contribution in [0.2, 0.25) is 0 Å². The SMILES string of the molecule is O=C(C1CCCC1)N1CCC(Nc2ccccn2)C1. The van der Waals surface area contributed by atoms with Gasteiger partial charge in [0.1, 0.15) is 5.82 Å². The van der Waals surface area contributed by atoms with E-state index in [1.54, 1.807) is 6.20 Å². The van der Waals surface area contributed by atoms with Crippen molar-refractivity contribution in [3.05, 3.63) is 24.4 Å². The van der Waals surface area contributed by atoms with Crippen LogP contribution in [-0.4, -0.2) is 34.9 Å². The first kappa shape index (κ1) is 12.5. The Morgan fingerprint density at radius 1 is 1.26 bits per heavy atom. The molecule has 1 unspecified atom stereocenters. The first-order chi connectivity index (χ1) is 9.33. The average molecular weight is 259 g/mol. The van der Waals surface area contributed by atoms with Crippen molar-refractivity contribution in [2.75, 3.05) is 18.4 Å². The smallest absolute Gasteiger partial charge is 0.225 e. The number of amides is 1. The zero-order valence-corrected chi connectivity index (χ0v) is 11.2. The zero-order valence-electron chi connectivity index (χ0n) is 11.2.